The maximum atomic E-state index is 13.2. The Bertz CT molecular complexity index is 1260. The number of amides is 1. The number of nitrogens with zero attached hydrogens (tertiary/aromatic N) is 4. The van der Waals surface area contributed by atoms with Crippen molar-refractivity contribution in [3.8, 4) is 22.8 Å². The average molecular weight is 491 g/mol. The predicted molar refractivity (Wildman–Crippen MR) is 137 cm³/mol. The van der Waals surface area contributed by atoms with Crippen LogP contribution in [0.25, 0.3) is 17.1 Å². The summed E-state index contributed by atoms with van der Waals surface area (Å²) in [5.41, 5.74) is 4.17. The van der Waals surface area contributed by atoms with Crippen LogP contribution in [0.2, 0.25) is 0 Å². The minimum absolute atomic E-state index is 0.135. The molecule has 0 aliphatic heterocycles. The maximum Gasteiger partial charge on any atom is 0.233 e. The number of thioether (sulfide) groups is 1. The Morgan fingerprint density at radius 1 is 1.15 bits per heavy atom. The largest absolute Gasteiger partial charge is 0.496 e. The minimum atomic E-state index is 0.135. The zero-order valence-electron chi connectivity index (χ0n) is 19.2. The van der Waals surface area contributed by atoms with E-state index in [1.807, 2.05) is 33.7 Å². The standard InChI is InChI=1S/C26H26N4O2S2/c1-18-7-9-21(10-8-18)30-25(22-5-3-4-6-23(22)32-2)27-28-26(30)34-17-24(31)29(20-11-12-20)15-19-13-14-33-16-19/h3-10,13-14,16,20H,11-12,15,17H2,1-2H3. The Hall–Kier alpha value is -3.10. The van der Waals surface area contributed by atoms with Gasteiger partial charge in [-0.2, -0.15) is 11.3 Å². The SMILES string of the molecule is COc1ccccc1-c1nnc(SCC(=O)N(Cc2ccsc2)C2CC2)n1-c1ccc(C)cc1. The van der Waals surface area contributed by atoms with E-state index in [1.165, 1.54) is 22.9 Å². The monoisotopic (exact) mass is 490 g/mol. The van der Waals surface area contributed by atoms with Gasteiger partial charge in [0.15, 0.2) is 11.0 Å². The van der Waals surface area contributed by atoms with Crippen LogP contribution in [0.5, 0.6) is 5.75 Å². The number of hydrogen-bond donors (Lipinski definition) is 0. The minimum Gasteiger partial charge on any atom is -0.496 e. The third kappa shape index (κ3) is 4.88. The van der Waals surface area contributed by atoms with Crippen LogP contribution in [0.3, 0.4) is 0 Å². The summed E-state index contributed by atoms with van der Waals surface area (Å²) in [6.07, 6.45) is 2.16. The van der Waals surface area contributed by atoms with E-state index in [4.69, 9.17) is 4.74 Å². The van der Waals surface area contributed by atoms with Gasteiger partial charge < -0.3 is 9.64 Å². The molecule has 1 aliphatic rings. The molecule has 5 rings (SSSR count). The zero-order valence-corrected chi connectivity index (χ0v) is 20.8. The molecule has 0 spiro atoms. The summed E-state index contributed by atoms with van der Waals surface area (Å²) in [5, 5.41) is 13.9. The summed E-state index contributed by atoms with van der Waals surface area (Å²) in [6, 6.07) is 18.5. The van der Waals surface area contributed by atoms with Crippen LogP contribution in [0.15, 0.2) is 70.5 Å². The quantitative estimate of drug-likeness (QED) is 0.286. The van der Waals surface area contributed by atoms with E-state index in [0.29, 0.717) is 29.3 Å². The molecular weight excluding hydrogens is 464 g/mol. The molecule has 8 heteroatoms. The van der Waals surface area contributed by atoms with Crippen LogP contribution >= 0.6 is 23.1 Å². The molecule has 0 atom stereocenters. The van der Waals surface area contributed by atoms with Crippen LogP contribution in [0.1, 0.15) is 24.0 Å². The highest BCUT2D eigenvalue weighted by Gasteiger charge is 2.33. The van der Waals surface area contributed by atoms with Gasteiger partial charge >= 0.3 is 0 Å². The molecule has 0 N–H and O–H groups in total. The van der Waals surface area contributed by atoms with Crippen LogP contribution in [0, 0.1) is 6.92 Å². The Kier molecular flexibility index (Phi) is 6.69. The van der Waals surface area contributed by atoms with Gasteiger partial charge in [0.1, 0.15) is 5.75 Å². The molecule has 0 bridgehead atoms. The lowest BCUT2D eigenvalue weighted by atomic mass is 10.1. The Labute approximate surface area is 207 Å². The van der Waals surface area contributed by atoms with Crippen molar-refractivity contribution in [3.05, 3.63) is 76.5 Å². The molecule has 1 amide bonds. The Balaban J connectivity index is 1.44. The van der Waals surface area contributed by atoms with Crippen molar-refractivity contribution in [2.75, 3.05) is 12.9 Å². The molecule has 0 unspecified atom stereocenters. The molecule has 2 aromatic heterocycles. The van der Waals surface area contributed by atoms with E-state index in [1.54, 1.807) is 18.4 Å². The van der Waals surface area contributed by atoms with Crippen molar-refractivity contribution in [2.24, 2.45) is 0 Å². The van der Waals surface area contributed by atoms with Crippen LogP contribution in [-0.2, 0) is 11.3 Å². The first-order valence-corrected chi connectivity index (χ1v) is 13.2. The molecule has 4 aromatic rings. The third-order valence-electron chi connectivity index (χ3n) is 5.84. The second-order valence-corrected chi connectivity index (χ2v) is 10.1. The van der Waals surface area contributed by atoms with E-state index in [-0.39, 0.29) is 5.91 Å². The van der Waals surface area contributed by atoms with E-state index < -0.39 is 0 Å². The molecule has 1 fully saturated rings. The Morgan fingerprint density at radius 2 is 1.94 bits per heavy atom. The highest BCUT2D eigenvalue weighted by Crippen LogP contribution is 2.34. The number of thiophene rings is 1. The van der Waals surface area contributed by atoms with Crippen LogP contribution in [0.4, 0.5) is 0 Å². The summed E-state index contributed by atoms with van der Waals surface area (Å²) in [7, 11) is 1.65. The molecule has 0 saturated heterocycles. The van der Waals surface area contributed by atoms with Gasteiger partial charge in [0.25, 0.3) is 0 Å². The van der Waals surface area contributed by atoms with Gasteiger partial charge in [-0.25, -0.2) is 0 Å². The summed E-state index contributed by atoms with van der Waals surface area (Å²) in [4.78, 5) is 15.2. The van der Waals surface area contributed by atoms with Gasteiger partial charge in [0.05, 0.1) is 18.4 Å². The summed E-state index contributed by atoms with van der Waals surface area (Å²) in [6.45, 7) is 2.73. The van der Waals surface area contributed by atoms with Crippen molar-refractivity contribution in [3.63, 3.8) is 0 Å². The molecule has 6 nitrogen and oxygen atoms in total. The fourth-order valence-electron chi connectivity index (χ4n) is 3.89. The number of ether oxygens (including phenoxy) is 1. The fraction of sp³-hybridized carbons (Fsp3) is 0.269. The second-order valence-electron chi connectivity index (χ2n) is 8.35. The van der Waals surface area contributed by atoms with E-state index >= 15 is 0 Å². The molecule has 1 aliphatic carbocycles. The summed E-state index contributed by atoms with van der Waals surface area (Å²) in [5.74, 6) is 1.87. The molecule has 0 radical (unpaired) electrons. The Morgan fingerprint density at radius 3 is 2.65 bits per heavy atom. The predicted octanol–water partition coefficient (Wildman–Crippen LogP) is 5.60. The number of carbonyl (C=O) groups is 1. The molecule has 2 aromatic carbocycles. The fourth-order valence-corrected chi connectivity index (χ4v) is 5.39. The van der Waals surface area contributed by atoms with Gasteiger partial charge in [-0.3, -0.25) is 9.36 Å². The molecule has 2 heterocycles. The topological polar surface area (TPSA) is 60.3 Å². The first-order chi connectivity index (χ1) is 16.6. The van der Waals surface area contributed by atoms with Gasteiger partial charge in [-0.05, 0) is 66.4 Å². The number of rotatable bonds is 9. The average Bonchev–Trinajstić information content (AvgIpc) is 3.40. The number of carbonyl (C=O) groups excluding carboxylic acids is 1. The van der Waals surface area contributed by atoms with Crippen molar-refractivity contribution in [1.29, 1.82) is 0 Å². The second kappa shape index (κ2) is 10.0. The summed E-state index contributed by atoms with van der Waals surface area (Å²) < 4.78 is 7.59. The number of benzene rings is 2. The number of aryl methyl sites for hydroxylation is 1. The summed E-state index contributed by atoms with van der Waals surface area (Å²) >= 11 is 3.09. The first-order valence-electron chi connectivity index (χ1n) is 11.2. The molecule has 1 saturated carbocycles. The van der Waals surface area contributed by atoms with Crippen molar-refractivity contribution in [1.82, 2.24) is 19.7 Å². The van der Waals surface area contributed by atoms with Crippen molar-refractivity contribution < 1.29 is 9.53 Å². The number of methoxy groups -OCH3 is 1. The zero-order chi connectivity index (χ0) is 23.5. The van der Waals surface area contributed by atoms with Crippen molar-refractivity contribution in [2.45, 2.75) is 37.5 Å². The highest BCUT2D eigenvalue weighted by atomic mass is 32.2. The molecule has 34 heavy (non-hydrogen) atoms. The van der Waals surface area contributed by atoms with Gasteiger partial charge in [-0.1, -0.05) is 41.6 Å². The lowest BCUT2D eigenvalue weighted by Crippen LogP contribution is -2.33. The van der Waals surface area contributed by atoms with E-state index in [0.717, 1.165) is 29.8 Å². The lowest BCUT2D eigenvalue weighted by Gasteiger charge is -2.22. The number of hydrogen-bond acceptors (Lipinski definition) is 6. The number of aromatic nitrogens is 3. The highest BCUT2D eigenvalue weighted by molar-refractivity contribution is 7.99. The van der Waals surface area contributed by atoms with E-state index in [2.05, 4.69) is 58.2 Å². The van der Waals surface area contributed by atoms with Crippen molar-refractivity contribution >= 4 is 29.0 Å². The molecule has 174 valence electrons. The van der Waals surface area contributed by atoms with Gasteiger partial charge in [-0.15, -0.1) is 10.2 Å². The lowest BCUT2D eigenvalue weighted by molar-refractivity contribution is -0.129. The van der Waals surface area contributed by atoms with Crippen LogP contribution in [-0.4, -0.2) is 44.5 Å². The maximum absolute atomic E-state index is 13.2. The van der Waals surface area contributed by atoms with Gasteiger partial charge in [0, 0.05) is 18.3 Å². The molecular formula is C26H26N4O2S2. The van der Waals surface area contributed by atoms with Crippen LogP contribution < -0.4 is 4.74 Å². The normalized spacial score (nSPS) is 13.1. The third-order valence-corrected chi connectivity index (χ3v) is 7.48. The number of para-hydroxylation sites is 1. The van der Waals surface area contributed by atoms with E-state index in [9.17, 15) is 4.79 Å². The van der Waals surface area contributed by atoms with Gasteiger partial charge in [0.2, 0.25) is 5.91 Å². The first kappa shape index (κ1) is 22.7. The smallest absolute Gasteiger partial charge is 0.233 e.